The van der Waals surface area contributed by atoms with Crippen LogP contribution in [0.4, 0.5) is 9.59 Å². The molecule has 2 unspecified atom stereocenters. The average molecular weight is 995 g/mol. The van der Waals surface area contributed by atoms with E-state index in [1.54, 1.807) is 0 Å². The van der Waals surface area contributed by atoms with Crippen molar-refractivity contribution in [2.75, 3.05) is 20.8 Å². The second kappa shape index (κ2) is 18.3. The Morgan fingerprint density at radius 2 is 1.11 bits per heavy atom. The number of carbonyl (C=O) groups excluding carboxylic acids is 4. The van der Waals surface area contributed by atoms with Gasteiger partial charge in [-0.25, -0.2) is 19.6 Å². The van der Waals surface area contributed by atoms with E-state index >= 15 is 0 Å². The number of aromatic nitrogens is 4. The van der Waals surface area contributed by atoms with Crippen molar-refractivity contribution >= 4 is 70.4 Å². The van der Waals surface area contributed by atoms with Crippen molar-refractivity contribution in [1.29, 1.82) is 0 Å². The number of alkyl carbamates (subject to hydrolysis) is 2. The van der Waals surface area contributed by atoms with Gasteiger partial charge >= 0.3 is 12.2 Å². The summed E-state index contributed by atoms with van der Waals surface area (Å²) >= 11 is 0. The van der Waals surface area contributed by atoms with Gasteiger partial charge in [-0.1, -0.05) is 86.9 Å². The summed E-state index contributed by atoms with van der Waals surface area (Å²) in [5.41, 5.74) is 11.9. The monoisotopic (exact) mass is 994 g/mol. The first-order chi connectivity index (χ1) is 36.1. The van der Waals surface area contributed by atoms with E-state index in [9.17, 15) is 24.3 Å². The van der Waals surface area contributed by atoms with Crippen LogP contribution >= 0.6 is 0 Å². The summed E-state index contributed by atoms with van der Waals surface area (Å²) in [4.78, 5) is 75.4. The predicted octanol–water partition coefficient (Wildman–Crippen LogP) is 9.66. The van der Waals surface area contributed by atoms with Gasteiger partial charge in [-0.2, -0.15) is 0 Å². The van der Waals surface area contributed by atoms with E-state index in [-0.39, 0.29) is 60.3 Å². The molecule has 6 aliphatic carbocycles. The number of hydrogen-bond acceptors (Lipinski definition) is 9. The lowest BCUT2D eigenvalue weighted by atomic mass is 9.66. The summed E-state index contributed by atoms with van der Waals surface area (Å²) in [6.07, 6.45) is 16.0. The third kappa shape index (κ3) is 7.54. The Hall–Kier alpha value is -7.26. The average Bonchev–Trinajstić information content (AvgIpc) is 4.25. The number of aliphatic hydroxyl groups is 1. The normalized spacial score (nSPS) is 30.4. The van der Waals surface area contributed by atoms with Crippen molar-refractivity contribution in [2.45, 2.75) is 101 Å². The molecule has 0 spiro atoms. The number of rotatable bonds is 8. The fourth-order valence-corrected chi connectivity index (χ4v) is 15.1. The molecule has 74 heavy (non-hydrogen) atoms. The van der Waals surface area contributed by atoms with Crippen molar-refractivity contribution < 1.29 is 33.8 Å². The zero-order valence-electron chi connectivity index (χ0n) is 41.9. The van der Waals surface area contributed by atoms with Gasteiger partial charge < -0.3 is 45.0 Å². The first-order valence-corrected chi connectivity index (χ1v) is 26.7. The number of piperidine rings is 2. The molecule has 12 atom stereocenters. The van der Waals surface area contributed by atoms with E-state index < -0.39 is 24.3 Å². The van der Waals surface area contributed by atoms with Crippen LogP contribution in [0.1, 0.15) is 111 Å². The Kier molecular flexibility index (Phi) is 11.5. The van der Waals surface area contributed by atoms with Gasteiger partial charge in [0.2, 0.25) is 11.8 Å². The molecule has 15 heteroatoms. The number of ether oxygens (including phenoxy) is 2. The molecule has 16 rings (SSSR count). The zero-order chi connectivity index (χ0) is 50.5. The Bertz CT molecular complexity index is 3100. The molecule has 4 aromatic carbocycles. The molecular formula is C59H62N8O7. The van der Waals surface area contributed by atoms with Crippen LogP contribution in [0.5, 0.6) is 0 Å². The molecule has 2 aromatic heterocycles. The van der Waals surface area contributed by atoms with E-state index in [4.69, 9.17) is 19.4 Å². The van der Waals surface area contributed by atoms with Gasteiger partial charge in [0.05, 0.1) is 48.4 Å². The number of amides is 4. The lowest BCUT2D eigenvalue weighted by molar-refractivity contribution is -0.150. The minimum Gasteiger partial charge on any atom is -0.453 e. The predicted molar refractivity (Wildman–Crippen MR) is 282 cm³/mol. The molecule has 4 saturated heterocycles. The van der Waals surface area contributed by atoms with E-state index in [1.807, 2.05) is 4.90 Å². The molecule has 0 radical (unpaired) electrons. The minimum atomic E-state index is -0.870. The highest BCUT2D eigenvalue weighted by Gasteiger charge is 2.60. The molecule has 2 saturated carbocycles. The van der Waals surface area contributed by atoms with Gasteiger partial charge in [0.1, 0.15) is 23.7 Å². The third-order valence-corrected chi connectivity index (χ3v) is 18.4. The molecule has 4 amide bonds. The summed E-state index contributed by atoms with van der Waals surface area (Å²) in [5.74, 6) is 2.07. The van der Waals surface area contributed by atoms with Crippen molar-refractivity contribution in [3.8, 4) is 22.3 Å². The molecule has 6 heterocycles. The van der Waals surface area contributed by atoms with Crippen LogP contribution in [-0.2, 0) is 19.1 Å². The van der Waals surface area contributed by atoms with Crippen LogP contribution in [0.25, 0.3) is 68.6 Å². The summed E-state index contributed by atoms with van der Waals surface area (Å²) in [6, 6.07) is 23.9. The lowest BCUT2D eigenvalue weighted by Crippen LogP contribution is -2.64. The SMILES string of the molecule is CC[C@@H]1C2CCC[C@H]3C[C@@H](c4nc5cc(-c6cc7ccc6/C=C\c6ccc(c(-c8ccc9[nH]c([C@@H]%10C[C@@H]%11CCCC%12[C@@H](CO)[C@H](NC(=O)OC)C(=O)N%10[C@@H]%12%11)nc9c8)c6)/C=C\7)ccc5[nH]4)N(C(=O)[C@H]1NC(=O)OC)[C@@H]23. The van der Waals surface area contributed by atoms with Crippen molar-refractivity contribution in [2.24, 2.45) is 35.5 Å². The molecule has 6 fully saturated rings. The number of aliphatic hydroxyl groups excluding tert-OH is 1. The number of methoxy groups -OCH3 is 2. The molecule has 4 bridgehead atoms. The van der Waals surface area contributed by atoms with Gasteiger partial charge in [-0.3, -0.25) is 9.59 Å². The number of benzene rings is 4. The molecule has 4 aliphatic heterocycles. The number of nitrogens with zero attached hydrogens (tertiary/aromatic N) is 4. The number of H-pyrrole nitrogens is 2. The Labute approximate surface area is 429 Å². The maximum absolute atomic E-state index is 14.4. The van der Waals surface area contributed by atoms with E-state index in [1.165, 1.54) is 14.2 Å². The Morgan fingerprint density at radius 1 is 0.635 bits per heavy atom. The van der Waals surface area contributed by atoms with Crippen molar-refractivity contribution in [1.82, 2.24) is 40.4 Å². The molecule has 380 valence electrons. The van der Waals surface area contributed by atoms with Gasteiger partial charge in [0, 0.05) is 24.6 Å². The van der Waals surface area contributed by atoms with Crippen LogP contribution in [0, 0.1) is 35.5 Å². The van der Waals surface area contributed by atoms with Crippen LogP contribution in [0.2, 0.25) is 0 Å². The lowest BCUT2D eigenvalue weighted by Gasteiger charge is -2.50. The quantitative estimate of drug-likeness (QED) is 0.0985. The number of aromatic amines is 2. The fraction of sp³-hybridized carbons (Fsp3) is 0.424. The van der Waals surface area contributed by atoms with Crippen molar-refractivity contribution in [3.63, 3.8) is 0 Å². The number of nitrogens with one attached hydrogen (secondary N) is 4. The van der Waals surface area contributed by atoms with Gasteiger partial charge in [0.15, 0.2) is 0 Å². The summed E-state index contributed by atoms with van der Waals surface area (Å²) < 4.78 is 9.89. The third-order valence-electron chi connectivity index (χ3n) is 18.4. The van der Waals surface area contributed by atoms with Crippen LogP contribution < -0.4 is 10.6 Å². The van der Waals surface area contributed by atoms with Crippen molar-refractivity contribution in [3.05, 3.63) is 107 Å². The highest BCUT2D eigenvalue weighted by atomic mass is 16.5. The second-order valence-electron chi connectivity index (χ2n) is 21.9. The molecule has 10 aliphatic rings. The minimum absolute atomic E-state index is 0.0164. The van der Waals surface area contributed by atoms with Gasteiger partial charge in [-0.15, -0.1) is 0 Å². The summed E-state index contributed by atoms with van der Waals surface area (Å²) in [5, 5.41) is 16.2. The van der Waals surface area contributed by atoms with E-state index in [0.29, 0.717) is 17.8 Å². The van der Waals surface area contributed by atoms with Crippen LogP contribution in [-0.4, -0.2) is 104 Å². The number of hydrogen-bond donors (Lipinski definition) is 5. The topological polar surface area (TPSA) is 195 Å². The van der Waals surface area contributed by atoms with E-state index in [2.05, 4.69) is 130 Å². The molecule has 15 nitrogen and oxygen atoms in total. The number of imidazole rings is 2. The number of carbonyl (C=O) groups is 4. The van der Waals surface area contributed by atoms with Gasteiger partial charge in [-0.05, 0) is 149 Å². The largest absolute Gasteiger partial charge is 0.453 e. The zero-order valence-corrected chi connectivity index (χ0v) is 41.9. The highest BCUT2D eigenvalue weighted by molar-refractivity contribution is 5.93. The first kappa shape index (κ1) is 46.5. The second-order valence-corrected chi connectivity index (χ2v) is 21.9. The number of fused-ring (bicyclic) bond motifs is 2. The van der Waals surface area contributed by atoms with Crippen LogP contribution in [0.15, 0.2) is 72.8 Å². The molecular weight excluding hydrogens is 933 g/mol. The first-order valence-electron chi connectivity index (χ1n) is 26.7. The fourth-order valence-electron chi connectivity index (χ4n) is 15.1. The highest BCUT2D eigenvalue weighted by Crippen LogP contribution is 2.55. The Morgan fingerprint density at radius 3 is 1.57 bits per heavy atom. The maximum Gasteiger partial charge on any atom is 0.407 e. The summed E-state index contributed by atoms with van der Waals surface area (Å²) in [7, 11) is 2.63. The smallest absolute Gasteiger partial charge is 0.407 e. The summed E-state index contributed by atoms with van der Waals surface area (Å²) in [6.45, 7) is 1.94. The molecule has 5 N–H and O–H groups in total. The van der Waals surface area contributed by atoms with Crippen LogP contribution in [0.3, 0.4) is 0 Å². The van der Waals surface area contributed by atoms with Gasteiger partial charge in [0.25, 0.3) is 0 Å². The standard InChI is InChI=1S/C59H62N8O7/c1-4-38-39-9-5-7-36-27-48(66(52(36)39)56(69)50(38)64-58(71)73-2)54-60-44-21-19-34(25-46(44)62-54)41-23-30-11-15-32(41)16-12-31-14-18-33(17-13-30)42(24-31)35-20-22-45-47(26-35)63-55(61-45)49-28-37-8-6-10-40-43(29-68)51(65-59(72)74-3)57(70)67(49)53(37)40/h11-26,36-40,43,48-53,68H,4-10,27-29H2,1-3H3,(H,60,62)(H,61,63)(H,64,71)(H,65,72)/b16-12-,17-13-,30-13?,31-12?,32-16?,33-17?/t36-,37-,38+,39?,40?,43+,48-,49-,50-,51-,52+,53+/m0/s1. The maximum atomic E-state index is 14.4. The van der Waals surface area contributed by atoms with E-state index in [0.717, 1.165) is 136 Å². The molecule has 6 aromatic rings. The Balaban J connectivity index is 0.781.